The normalized spacial score (nSPS) is 11.3. The summed E-state index contributed by atoms with van der Waals surface area (Å²) in [6, 6.07) is 6.62. The summed E-state index contributed by atoms with van der Waals surface area (Å²) in [6.45, 7) is 10.5. The lowest BCUT2D eigenvalue weighted by atomic mass is 10.2. The molecule has 1 aromatic heterocycles. The van der Waals surface area contributed by atoms with Crippen molar-refractivity contribution in [3.05, 3.63) is 41.6 Å². The Labute approximate surface area is 118 Å². The number of benzene rings is 1. The standard InChI is InChI=1S/C14H15N3O2S/c1-10-5-7-12(8-6-10)20(18,19)17-9-11(2)13(15-3)14(17)16-4/h5-9H,3-4H2,1-2H3. The molecule has 5 nitrogen and oxygen atoms in total. The molecular formula is C14H15N3O2S. The average Bonchev–Trinajstić information content (AvgIpc) is 2.75. The molecule has 1 aromatic carbocycles. The molecule has 0 unspecified atom stereocenters. The van der Waals surface area contributed by atoms with Crippen molar-refractivity contribution >= 4 is 35.0 Å². The highest BCUT2D eigenvalue weighted by Crippen LogP contribution is 2.35. The number of aryl methyl sites for hydroxylation is 2. The Morgan fingerprint density at radius 1 is 1.05 bits per heavy atom. The summed E-state index contributed by atoms with van der Waals surface area (Å²) in [6.07, 6.45) is 1.48. The van der Waals surface area contributed by atoms with Crippen LogP contribution in [0.4, 0.5) is 11.5 Å². The molecule has 20 heavy (non-hydrogen) atoms. The van der Waals surface area contributed by atoms with Gasteiger partial charge >= 0.3 is 0 Å². The number of rotatable bonds is 4. The van der Waals surface area contributed by atoms with Crippen LogP contribution in [0.1, 0.15) is 11.1 Å². The van der Waals surface area contributed by atoms with Crippen molar-refractivity contribution < 1.29 is 8.42 Å². The van der Waals surface area contributed by atoms with E-state index < -0.39 is 10.0 Å². The van der Waals surface area contributed by atoms with E-state index in [2.05, 4.69) is 23.4 Å². The molecule has 0 radical (unpaired) electrons. The van der Waals surface area contributed by atoms with Gasteiger partial charge in [-0.2, -0.15) is 0 Å². The van der Waals surface area contributed by atoms with Gasteiger partial charge in [0.15, 0.2) is 5.82 Å². The fourth-order valence-electron chi connectivity index (χ4n) is 1.93. The second kappa shape index (κ2) is 5.05. The Hall–Kier alpha value is -2.21. The number of aliphatic imine (C=N–C) groups is 2. The van der Waals surface area contributed by atoms with Gasteiger partial charge < -0.3 is 0 Å². The van der Waals surface area contributed by atoms with Crippen LogP contribution in [0.3, 0.4) is 0 Å². The Kier molecular flexibility index (Phi) is 3.59. The Morgan fingerprint density at radius 3 is 2.15 bits per heavy atom. The first-order valence-corrected chi connectivity index (χ1v) is 7.33. The molecular weight excluding hydrogens is 274 g/mol. The van der Waals surface area contributed by atoms with E-state index in [1.165, 1.54) is 6.20 Å². The highest BCUT2D eigenvalue weighted by atomic mass is 32.2. The molecule has 0 saturated carbocycles. The minimum absolute atomic E-state index is 0.179. The van der Waals surface area contributed by atoms with Crippen LogP contribution in [0.25, 0.3) is 0 Å². The van der Waals surface area contributed by atoms with Crippen molar-refractivity contribution in [2.45, 2.75) is 18.7 Å². The molecule has 0 spiro atoms. The van der Waals surface area contributed by atoms with Gasteiger partial charge in [-0.05, 0) is 45.0 Å². The van der Waals surface area contributed by atoms with E-state index in [-0.39, 0.29) is 10.7 Å². The Bertz CT molecular complexity index is 771. The SMILES string of the molecule is C=Nc1c(C)cn(S(=O)(=O)c2ccc(C)cc2)c1N=C. The van der Waals surface area contributed by atoms with Crippen LogP contribution in [-0.4, -0.2) is 25.8 Å². The van der Waals surface area contributed by atoms with Gasteiger partial charge in [-0.1, -0.05) is 17.7 Å². The van der Waals surface area contributed by atoms with Crippen LogP contribution in [0.5, 0.6) is 0 Å². The summed E-state index contributed by atoms with van der Waals surface area (Å²) in [5.41, 5.74) is 2.09. The molecule has 0 N–H and O–H groups in total. The van der Waals surface area contributed by atoms with Crippen molar-refractivity contribution in [3.63, 3.8) is 0 Å². The van der Waals surface area contributed by atoms with Crippen LogP contribution < -0.4 is 0 Å². The number of nitrogens with zero attached hydrogens (tertiary/aromatic N) is 3. The largest absolute Gasteiger partial charge is 0.269 e. The van der Waals surface area contributed by atoms with Gasteiger partial charge in [0.25, 0.3) is 10.0 Å². The molecule has 0 fully saturated rings. The third kappa shape index (κ3) is 2.18. The van der Waals surface area contributed by atoms with Crippen molar-refractivity contribution in [1.82, 2.24) is 3.97 Å². The topological polar surface area (TPSA) is 63.8 Å². The molecule has 0 saturated heterocycles. The van der Waals surface area contributed by atoms with Crippen LogP contribution in [0.2, 0.25) is 0 Å². The van der Waals surface area contributed by atoms with Crippen LogP contribution >= 0.6 is 0 Å². The van der Waals surface area contributed by atoms with Crippen molar-refractivity contribution in [1.29, 1.82) is 0 Å². The first-order chi connectivity index (χ1) is 9.41. The Morgan fingerprint density at radius 2 is 1.65 bits per heavy atom. The highest BCUT2D eigenvalue weighted by molar-refractivity contribution is 7.90. The summed E-state index contributed by atoms with van der Waals surface area (Å²) in [5.74, 6) is 0.179. The molecule has 104 valence electrons. The zero-order chi connectivity index (χ0) is 14.9. The smallest absolute Gasteiger partial charge is 0.260 e. The summed E-state index contributed by atoms with van der Waals surface area (Å²) in [4.78, 5) is 7.78. The van der Waals surface area contributed by atoms with Gasteiger partial charge in [0.1, 0.15) is 5.69 Å². The maximum Gasteiger partial charge on any atom is 0.269 e. The predicted molar refractivity (Wildman–Crippen MR) is 81.3 cm³/mol. The molecule has 0 aliphatic heterocycles. The third-order valence-corrected chi connectivity index (χ3v) is 4.65. The fraction of sp³-hybridized carbons (Fsp3) is 0.143. The molecule has 1 heterocycles. The lowest BCUT2D eigenvalue weighted by Gasteiger charge is -2.08. The molecule has 2 aromatic rings. The lowest BCUT2D eigenvalue weighted by Crippen LogP contribution is -2.11. The van der Waals surface area contributed by atoms with Gasteiger partial charge in [0.2, 0.25) is 0 Å². The molecule has 0 aliphatic carbocycles. The summed E-state index contributed by atoms with van der Waals surface area (Å²) in [7, 11) is -3.72. The minimum atomic E-state index is -3.72. The maximum absolute atomic E-state index is 12.6. The zero-order valence-corrected chi connectivity index (χ0v) is 12.2. The van der Waals surface area contributed by atoms with Gasteiger partial charge in [-0.15, -0.1) is 0 Å². The average molecular weight is 289 g/mol. The summed E-state index contributed by atoms with van der Waals surface area (Å²) >= 11 is 0. The number of hydrogen-bond acceptors (Lipinski definition) is 4. The van der Waals surface area contributed by atoms with Crippen molar-refractivity contribution in [2.75, 3.05) is 0 Å². The van der Waals surface area contributed by atoms with Crippen LogP contribution in [0.15, 0.2) is 45.3 Å². The van der Waals surface area contributed by atoms with E-state index in [4.69, 9.17) is 0 Å². The molecule has 6 heteroatoms. The van der Waals surface area contributed by atoms with E-state index in [1.54, 1.807) is 31.2 Å². The number of aromatic nitrogens is 1. The van der Waals surface area contributed by atoms with Crippen LogP contribution in [0, 0.1) is 13.8 Å². The summed E-state index contributed by atoms with van der Waals surface area (Å²) in [5, 5.41) is 0. The minimum Gasteiger partial charge on any atom is -0.260 e. The van der Waals surface area contributed by atoms with Crippen molar-refractivity contribution in [3.8, 4) is 0 Å². The first kappa shape index (κ1) is 14.2. The maximum atomic E-state index is 12.6. The zero-order valence-electron chi connectivity index (χ0n) is 11.4. The second-order valence-corrected chi connectivity index (χ2v) is 6.23. The van der Waals surface area contributed by atoms with E-state index in [9.17, 15) is 8.42 Å². The first-order valence-electron chi connectivity index (χ1n) is 5.89. The van der Waals surface area contributed by atoms with E-state index in [0.717, 1.165) is 9.54 Å². The third-order valence-electron chi connectivity index (χ3n) is 2.99. The molecule has 0 aliphatic rings. The van der Waals surface area contributed by atoms with E-state index in [1.807, 2.05) is 6.92 Å². The van der Waals surface area contributed by atoms with Gasteiger partial charge in [-0.25, -0.2) is 17.4 Å². The monoisotopic (exact) mass is 289 g/mol. The lowest BCUT2D eigenvalue weighted by molar-refractivity contribution is 0.588. The van der Waals surface area contributed by atoms with Crippen molar-refractivity contribution in [2.24, 2.45) is 9.98 Å². The molecule has 2 rings (SSSR count). The van der Waals surface area contributed by atoms with E-state index in [0.29, 0.717) is 11.3 Å². The second-order valence-electron chi connectivity index (χ2n) is 4.41. The fourth-order valence-corrected chi connectivity index (χ4v) is 3.30. The van der Waals surface area contributed by atoms with E-state index >= 15 is 0 Å². The molecule has 0 bridgehead atoms. The van der Waals surface area contributed by atoms with Gasteiger partial charge in [0.05, 0.1) is 4.90 Å². The number of hydrogen-bond donors (Lipinski definition) is 0. The highest BCUT2D eigenvalue weighted by Gasteiger charge is 2.23. The summed E-state index contributed by atoms with van der Waals surface area (Å²) < 4.78 is 26.3. The predicted octanol–water partition coefficient (Wildman–Crippen LogP) is 3.01. The Balaban J connectivity index is 2.69. The quantitative estimate of drug-likeness (QED) is 0.812. The molecule has 0 amide bonds. The molecule has 0 atom stereocenters. The van der Waals surface area contributed by atoms with Crippen LogP contribution in [-0.2, 0) is 10.0 Å². The van der Waals surface area contributed by atoms with Gasteiger partial charge in [-0.3, -0.25) is 4.99 Å². The van der Waals surface area contributed by atoms with Gasteiger partial charge in [0, 0.05) is 6.20 Å².